The number of carbonyl (C=O) groups excluding carboxylic acids is 1. The largest absolute Gasteiger partial charge is 0.322 e. The number of unbranched alkanes of at least 4 members (excludes halogenated alkanes) is 1. The standard InChI is InChI=1S/C18H18BrNO/c1-2-3-4-6-14-9-11-15(12-10-14)18(21)20-17-8-5-7-16(19)13-17/h4-13H,2-3H2,1H3,(H,20,21). The van der Waals surface area contributed by atoms with Crippen LogP contribution in [0.5, 0.6) is 0 Å². The van der Waals surface area contributed by atoms with Gasteiger partial charge in [0.05, 0.1) is 0 Å². The molecule has 108 valence electrons. The Hall–Kier alpha value is -1.87. The fourth-order valence-corrected chi connectivity index (χ4v) is 2.30. The summed E-state index contributed by atoms with van der Waals surface area (Å²) in [6, 6.07) is 15.2. The molecule has 2 nitrogen and oxygen atoms in total. The highest BCUT2D eigenvalue weighted by Gasteiger charge is 2.05. The molecule has 0 aromatic heterocycles. The van der Waals surface area contributed by atoms with Crippen LogP contribution in [0.2, 0.25) is 0 Å². The number of nitrogens with one attached hydrogen (secondary N) is 1. The lowest BCUT2D eigenvalue weighted by Gasteiger charge is -2.06. The van der Waals surface area contributed by atoms with Crippen LogP contribution in [0.4, 0.5) is 5.69 Å². The quantitative estimate of drug-likeness (QED) is 0.761. The minimum Gasteiger partial charge on any atom is -0.322 e. The monoisotopic (exact) mass is 343 g/mol. The third-order valence-electron chi connectivity index (χ3n) is 3.02. The molecular formula is C18H18BrNO. The number of rotatable bonds is 5. The Labute approximate surface area is 134 Å². The van der Waals surface area contributed by atoms with Crippen molar-refractivity contribution in [2.24, 2.45) is 0 Å². The van der Waals surface area contributed by atoms with E-state index in [4.69, 9.17) is 0 Å². The minimum absolute atomic E-state index is 0.0998. The number of anilines is 1. The van der Waals surface area contributed by atoms with E-state index in [2.05, 4.69) is 40.3 Å². The van der Waals surface area contributed by atoms with Gasteiger partial charge < -0.3 is 5.32 Å². The summed E-state index contributed by atoms with van der Waals surface area (Å²) in [5.74, 6) is -0.0998. The lowest BCUT2D eigenvalue weighted by molar-refractivity contribution is 0.102. The second-order valence-electron chi connectivity index (χ2n) is 4.78. The minimum atomic E-state index is -0.0998. The van der Waals surface area contributed by atoms with Gasteiger partial charge in [-0.1, -0.05) is 59.6 Å². The maximum atomic E-state index is 12.2. The van der Waals surface area contributed by atoms with E-state index in [1.807, 2.05) is 48.5 Å². The Bertz CT molecular complexity index is 632. The van der Waals surface area contributed by atoms with E-state index in [0.717, 1.165) is 28.6 Å². The predicted molar refractivity (Wildman–Crippen MR) is 92.5 cm³/mol. The number of allylic oxidation sites excluding steroid dienone is 1. The second-order valence-corrected chi connectivity index (χ2v) is 5.69. The van der Waals surface area contributed by atoms with E-state index in [-0.39, 0.29) is 5.91 Å². The number of carbonyl (C=O) groups is 1. The predicted octanol–water partition coefficient (Wildman–Crippen LogP) is 5.51. The van der Waals surface area contributed by atoms with Gasteiger partial charge in [0, 0.05) is 15.7 Å². The van der Waals surface area contributed by atoms with E-state index in [1.54, 1.807) is 0 Å². The zero-order valence-electron chi connectivity index (χ0n) is 12.0. The molecule has 2 aromatic rings. The fraction of sp³-hybridized carbons (Fsp3) is 0.167. The zero-order valence-corrected chi connectivity index (χ0v) is 13.6. The maximum Gasteiger partial charge on any atom is 0.255 e. The first-order chi connectivity index (χ1) is 10.2. The smallest absolute Gasteiger partial charge is 0.255 e. The fourth-order valence-electron chi connectivity index (χ4n) is 1.90. The van der Waals surface area contributed by atoms with Gasteiger partial charge >= 0.3 is 0 Å². The topological polar surface area (TPSA) is 29.1 Å². The van der Waals surface area contributed by atoms with Gasteiger partial charge in [-0.3, -0.25) is 4.79 Å². The Balaban J connectivity index is 2.03. The molecule has 0 unspecified atom stereocenters. The average Bonchev–Trinajstić information content (AvgIpc) is 2.48. The van der Waals surface area contributed by atoms with Crippen molar-refractivity contribution in [3.8, 4) is 0 Å². The number of amides is 1. The van der Waals surface area contributed by atoms with E-state index >= 15 is 0 Å². The highest BCUT2D eigenvalue weighted by Crippen LogP contribution is 2.17. The number of hydrogen-bond donors (Lipinski definition) is 1. The van der Waals surface area contributed by atoms with Gasteiger partial charge in [-0.2, -0.15) is 0 Å². The van der Waals surface area contributed by atoms with Crippen LogP contribution in [-0.2, 0) is 0 Å². The van der Waals surface area contributed by atoms with Crippen molar-refractivity contribution >= 4 is 33.6 Å². The molecule has 0 aliphatic heterocycles. The molecule has 0 saturated carbocycles. The summed E-state index contributed by atoms with van der Waals surface area (Å²) in [4.78, 5) is 12.2. The number of hydrogen-bond acceptors (Lipinski definition) is 1. The molecule has 0 spiro atoms. The molecule has 0 aliphatic carbocycles. The van der Waals surface area contributed by atoms with Crippen molar-refractivity contribution in [2.75, 3.05) is 5.32 Å². The van der Waals surface area contributed by atoms with Gasteiger partial charge in [0.2, 0.25) is 0 Å². The summed E-state index contributed by atoms with van der Waals surface area (Å²) in [5.41, 5.74) is 2.55. The third-order valence-corrected chi connectivity index (χ3v) is 3.51. The molecule has 1 N–H and O–H groups in total. The molecule has 21 heavy (non-hydrogen) atoms. The molecule has 3 heteroatoms. The lowest BCUT2D eigenvalue weighted by atomic mass is 10.1. The molecule has 1 amide bonds. The van der Waals surface area contributed by atoms with Gasteiger partial charge in [0.25, 0.3) is 5.91 Å². The van der Waals surface area contributed by atoms with Crippen molar-refractivity contribution in [1.29, 1.82) is 0 Å². The first-order valence-electron chi connectivity index (χ1n) is 7.02. The third kappa shape index (κ3) is 4.87. The van der Waals surface area contributed by atoms with Gasteiger partial charge in [0.1, 0.15) is 0 Å². The van der Waals surface area contributed by atoms with Gasteiger partial charge in [-0.25, -0.2) is 0 Å². The van der Waals surface area contributed by atoms with Crippen molar-refractivity contribution in [2.45, 2.75) is 19.8 Å². The molecule has 0 heterocycles. The Kier molecular flexibility index (Phi) is 5.76. The van der Waals surface area contributed by atoms with Crippen LogP contribution in [0, 0.1) is 0 Å². The molecule has 0 bridgehead atoms. The first kappa shape index (κ1) is 15.5. The zero-order chi connectivity index (χ0) is 15.1. The Morgan fingerprint density at radius 1 is 1.19 bits per heavy atom. The van der Waals surface area contributed by atoms with Gasteiger partial charge in [-0.05, 0) is 42.3 Å². The summed E-state index contributed by atoms with van der Waals surface area (Å²) in [7, 11) is 0. The van der Waals surface area contributed by atoms with E-state index in [1.165, 1.54) is 0 Å². The molecule has 0 saturated heterocycles. The van der Waals surface area contributed by atoms with Crippen molar-refractivity contribution in [1.82, 2.24) is 0 Å². The van der Waals surface area contributed by atoms with Crippen LogP contribution in [0.15, 0.2) is 59.1 Å². The highest BCUT2D eigenvalue weighted by atomic mass is 79.9. The maximum absolute atomic E-state index is 12.2. The molecule has 0 atom stereocenters. The number of benzene rings is 2. The summed E-state index contributed by atoms with van der Waals surface area (Å²) in [6.45, 7) is 2.15. The molecule has 0 aliphatic rings. The van der Waals surface area contributed by atoms with E-state index in [9.17, 15) is 4.79 Å². The van der Waals surface area contributed by atoms with Crippen LogP contribution in [-0.4, -0.2) is 5.91 Å². The molecule has 0 fully saturated rings. The van der Waals surface area contributed by atoms with Crippen LogP contribution in [0.1, 0.15) is 35.7 Å². The van der Waals surface area contributed by atoms with Crippen molar-refractivity contribution in [3.63, 3.8) is 0 Å². The highest BCUT2D eigenvalue weighted by molar-refractivity contribution is 9.10. The molecule has 2 aromatic carbocycles. The van der Waals surface area contributed by atoms with Crippen molar-refractivity contribution in [3.05, 3.63) is 70.2 Å². The Morgan fingerprint density at radius 3 is 2.62 bits per heavy atom. The molecular weight excluding hydrogens is 326 g/mol. The van der Waals surface area contributed by atoms with Crippen LogP contribution in [0.25, 0.3) is 6.08 Å². The normalized spacial score (nSPS) is 10.8. The summed E-state index contributed by atoms with van der Waals surface area (Å²) in [5, 5.41) is 2.88. The average molecular weight is 344 g/mol. The first-order valence-corrected chi connectivity index (χ1v) is 7.82. The molecule has 0 radical (unpaired) electrons. The van der Waals surface area contributed by atoms with Crippen LogP contribution < -0.4 is 5.32 Å². The van der Waals surface area contributed by atoms with Crippen LogP contribution in [0.3, 0.4) is 0 Å². The van der Waals surface area contributed by atoms with Gasteiger partial charge in [-0.15, -0.1) is 0 Å². The summed E-state index contributed by atoms with van der Waals surface area (Å²) < 4.78 is 0.941. The second kappa shape index (κ2) is 7.79. The van der Waals surface area contributed by atoms with E-state index in [0.29, 0.717) is 5.56 Å². The lowest BCUT2D eigenvalue weighted by Crippen LogP contribution is -2.11. The summed E-state index contributed by atoms with van der Waals surface area (Å²) >= 11 is 3.39. The van der Waals surface area contributed by atoms with Crippen LogP contribution >= 0.6 is 15.9 Å². The van der Waals surface area contributed by atoms with E-state index < -0.39 is 0 Å². The Morgan fingerprint density at radius 2 is 1.95 bits per heavy atom. The summed E-state index contributed by atoms with van der Waals surface area (Å²) in [6.07, 6.45) is 6.45. The SMILES string of the molecule is CCCC=Cc1ccc(C(=O)Nc2cccc(Br)c2)cc1. The van der Waals surface area contributed by atoms with Gasteiger partial charge in [0.15, 0.2) is 0 Å². The molecule has 2 rings (SSSR count). The number of halogens is 1. The van der Waals surface area contributed by atoms with Crippen molar-refractivity contribution < 1.29 is 4.79 Å².